The Morgan fingerprint density at radius 3 is 2.50 bits per heavy atom. The first kappa shape index (κ1) is 15.8. The van der Waals surface area contributed by atoms with Gasteiger partial charge in [-0.2, -0.15) is 4.31 Å². The van der Waals surface area contributed by atoms with Crippen molar-refractivity contribution in [2.75, 3.05) is 18.6 Å². The van der Waals surface area contributed by atoms with E-state index in [4.69, 9.17) is 25.9 Å². The van der Waals surface area contributed by atoms with Crippen LogP contribution in [0.1, 0.15) is 5.48 Å². The summed E-state index contributed by atoms with van der Waals surface area (Å²) in [6.07, 6.45) is 0.0674. The normalized spacial score (nSPS) is 20.5. The standard InChI is InChI=1S/C8H14N5O10P3/c9-7-6-8(11-3-10-7)13(4-12-6)1-2-21-5-24(14,15)22-26(19,20)23-25(16,17)18/h3-4H,1-2,5H2,(H,14,15)(H,19,20)(H2,9,10,11)(H2,16,17,18)/i1D2,2D2. The smallest absolute Gasteiger partial charge is 0.382 e. The lowest BCUT2D eigenvalue weighted by molar-refractivity contribution is 0.145. The molecule has 2 heterocycles. The van der Waals surface area contributed by atoms with Crippen molar-refractivity contribution in [3.05, 3.63) is 12.7 Å². The molecule has 26 heavy (non-hydrogen) atoms. The Morgan fingerprint density at radius 1 is 1.15 bits per heavy atom. The second-order valence-corrected chi connectivity index (χ2v) is 9.05. The van der Waals surface area contributed by atoms with Crippen LogP contribution in [0.2, 0.25) is 0 Å². The van der Waals surface area contributed by atoms with E-state index >= 15 is 0 Å². The van der Waals surface area contributed by atoms with Gasteiger partial charge in [-0.3, -0.25) is 4.57 Å². The van der Waals surface area contributed by atoms with Gasteiger partial charge in [0.25, 0.3) is 0 Å². The molecule has 0 aliphatic carbocycles. The van der Waals surface area contributed by atoms with Crippen LogP contribution in [-0.4, -0.2) is 52.0 Å². The van der Waals surface area contributed by atoms with Crippen LogP contribution in [0.5, 0.6) is 0 Å². The molecular weight excluding hydrogens is 419 g/mol. The number of nitrogen functional groups attached to an aromatic ring is 1. The maximum absolute atomic E-state index is 11.8. The van der Waals surface area contributed by atoms with Gasteiger partial charge >= 0.3 is 23.2 Å². The van der Waals surface area contributed by atoms with E-state index in [0.29, 0.717) is 4.57 Å². The molecular formula is C8H14N5O10P3. The Balaban J connectivity index is 2.22. The first-order valence-corrected chi connectivity index (χ1v) is 10.9. The number of rotatable bonds is 9. The highest BCUT2D eigenvalue weighted by Gasteiger charge is 2.39. The molecule has 2 rings (SSSR count). The first-order valence-electron chi connectivity index (χ1n) is 8.08. The van der Waals surface area contributed by atoms with Crippen LogP contribution >= 0.6 is 23.2 Å². The van der Waals surface area contributed by atoms with Gasteiger partial charge in [-0.25, -0.2) is 28.4 Å². The number of nitrogens with zero attached hydrogens (tertiary/aromatic N) is 4. The Labute approximate surface area is 150 Å². The third-order valence-corrected chi connectivity index (χ3v) is 6.25. The zero-order valence-electron chi connectivity index (χ0n) is 16.3. The largest absolute Gasteiger partial charge is 0.488 e. The van der Waals surface area contributed by atoms with Crippen molar-refractivity contribution < 1.29 is 52.1 Å². The number of aryl methyl sites for hydroxylation is 1. The molecule has 0 saturated heterocycles. The van der Waals surface area contributed by atoms with Gasteiger partial charge in [0, 0.05) is 6.50 Å². The van der Waals surface area contributed by atoms with Crippen LogP contribution in [0.4, 0.5) is 5.82 Å². The third-order valence-electron chi connectivity index (χ3n) is 2.27. The molecule has 2 aromatic heterocycles. The Bertz CT molecular complexity index is 1090. The SMILES string of the molecule is [2H]C([2H])(OCP(=O)(O)OP(=O)(O)OP(=O)(O)O)C([2H])([2H])n1cnc2c(N)ncnc21. The van der Waals surface area contributed by atoms with Crippen LogP contribution in [-0.2, 0) is 33.6 Å². The zero-order valence-corrected chi connectivity index (χ0v) is 15.0. The fourth-order valence-electron chi connectivity index (χ4n) is 1.46. The van der Waals surface area contributed by atoms with Crippen molar-refractivity contribution in [2.24, 2.45) is 0 Å². The van der Waals surface area contributed by atoms with Gasteiger partial charge in [-0.1, -0.05) is 0 Å². The lowest BCUT2D eigenvalue weighted by Crippen LogP contribution is -2.08. The molecule has 0 spiro atoms. The minimum atomic E-state index is -5.76. The van der Waals surface area contributed by atoms with Crippen molar-refractivity contribution in [3.63, 3.8) is 0 Å². The quantitative estimate of drug-likeness (QED) is 0.320. The minimum Gasteiger partial charge on any atom is -0.382 e. The summed E-state index contributed by atoms with van der Waals surface area (Å²) in [5.74, 6) is -0.131. The highest BCUT2D eigenvalue weighted by molar-refractivity contribution is 7.68. The topological polar surface area (TPSA) is 229 Å². The molecule has 2 atom stereocenters. The molecule has 15 nitrogen and oxygen atoms in total. The van der Waals surface area contributed by atoms with E-state index in [-0.39, 0.29) is 17.0 Å². The third kappa shape index (κ3) is 6.18. The molecule has 146 valence electrons. The maximum Gasteiger partial charge on any atom is 0.488 e. The number of fused-ring (bicyclic) bond motifs is 1. The second kappa shape index (κ2) is 7.79. The van der Waals surface area contributed by atoms with Gasteiger partial charge in [-0.05, 0) is 0 Å². The molecule has 0 aromatic carbocycles. The average molecular weight is 437 g/mol. The Morgan fingerprint density at radius 2 is 1.85 bits per heavy atom. The van der Waals surface area contributed by atoms with Crippen molar-refractivity contribution in [2.45, 2.75) is 6.50 Å². The molecule has 6 N–H and O–H groups in total. The first-order chi connectivity index (χ1) is 13.4. The predicted octanol–water partition coefficient (Wildman–Crippen LogP) is -0.206. The van der Waals surface area contributed by atoms with E-state index in [9.17, 15) is 18.6 Å². The summed E-state index contributed by atoms with van der Waals surface area (Å²) >= 11 is 0. The summed E-state index contributed by atoms with van der Waals surface area (Å²) in [5.41, 5.74) is 5.26. The fourth-order valence-corrected chi connectivity index (χ4v) is 4.63. The van der Waals surface area contributed by atoms with E-state index in [1.807, 2.05) is 0 Å². The van der Waals surface area contributed by atoms with Crippen molar-refractivity contribution in [3.8, 4) is 0 Å². The van der Waals surface area contributed by atoms with Crippen molar-refractivity contribution >= 4 is 40.2 Å². The average Bonchev–Trinajstić information content (AvgIpc) is 2.95. The number of hydrogen-bond donors (Lipinski definition) is 5. The molecule has 18 heteroatoms. The number of hydrogen-bond acceptors (Lipinski definition) is 10. The Kier molecular flexibility index (Phi) is 4.73. The van der Waals surface area contributed by atoms with Gasteiger partial charge < -0.3 is 34.6 Å². The fraction of sp³-hybridized carbons (Fsp3) is 0.375. The molecule has 0 amide bonds. The molecule has 0 bridgehead atoms. The van der Waals surface area contributed by atoms with Crippen LogP contribution < -0.4 is 5.73 Å². The number of aromatic nitrogens is 4. The predicted molar refractivity (Wildman–Crippen MR) is 84.4 cm³/mol. The minimum absolute atomic E-state index is 0.0656. The summed E-state index contributed by atoms with van der Waals surface area (Å²) in [4.78, 5) is 46.6. The number of nitrogens with two attached hydrogens (primary N) is 1. The molecule has 0 aliphatic rings. The van der Waals surface area contributed by atoms with Crippen LogP contribution in [0, 0.1) is 0 Å². The molecule has 0 fully saturated rings. The Hall–Kier alpha value is -1.24. The monoisotopic (exact) mass is 437 g/mol. The lowest BCUT2D eigenvalue weighted by atomic mass is 10.5. The molecule has 0 radical (unpaired) electrons. The van der Waals surface area contributed by atoms with Gasteiger partial charge in [0.2, 0.25) is 0 Å². The van der Waals surface area contributed by atoms with Crippen LogP contribution in [0.3, 0.4) is 0 Å². The summed E-state index contributed by atoms with van der Waals surface area (Å²) in [7, 11) is -16.7. The van der Waals surface area contributed by atoms with Crippen LogP contribution in [0.15, 0.2) is 12.7 Å². The molecule has 2 unspecified atom stereocenters. The van der Waals surface area contributed by atoms with Crippen molar-refractivity contribution in [1.82, 2.24) is 19.5 Å². The number of imidazole rings is 1. The molecule has 2 aromatic rings. The maximum atomic E-state index is 11.8. The zero-order chi connectivity index (χ0) is 23.2. The van der Waals surface area contributed by atoms with Gasteiger partial charge in [0.15, 0.2) is 11.5 Å². The van der Waals surface area contributed by atoms with Gasteiger partial charge in [0.1, 0.15) is 18.2 Å². The highest BCUT2D eigenvalue weighted by Crippen LogP contribution is 2.65. The number of anilines is 1. The summed E-state index contributed by atoms with van der Waals surface area (Å²) in [5, 5.41) is 0. The summed E-state index contributed by atoms with van der Waals surface area (Å²) < 4.78 is 77.3. The van der Waals surface area contributed by atoms with E-state index in [1.54, 1.807) is 0 Å². The highest BCUT2D eigenvalue weighted by atomic mass is 31.3. The summed E-state index contributed by atoms with van der Waals surface area (Å²) in [6, 6.07) is 0. The number of phosphoric acid groups is 2. The van der Waals surface area contributed by atoms with E-state index < -0.39 is 42.6 Å². The molecule has 0 aliphatic heterocycles. The van der Waals surface area contributed by atoms with E-state index in [0.717, 1.165) is 12.7 Å². The van der Waals surface area contributed by atoms with Crippen LogP contribution in [0.25, 0.3) is 11.2 Å². The second-order valence-electron chi connectivity index (χ2n) is 4.29. The summed E-state index contributed by atoms with van der Waals surface area (Å²) in [6.45, 7) is -6.53. The van der Waals surface area contributed by atoms with Gasteiger partial charge in [0.05, 0.1) is 18.4 Å². The number of ether oxygens (including phenoxy) is 1. The molecule has 0 saturated carbocycles. The van der Waals surface area contributed by atoms with E-state index in [1.165, 1.54) is 0 Å². The van der Waals surface area contributed by atoms with Crippen molar-refractivity contribution in [1.29, 1.82) is 0 Å². The van der Waals surface area contributed by atoms with E-state index in [2.05, 4.69) is 28.3 Å². The lowest BCUT2D eigenvalue weighted by Gasteiger charge is -2.16. The van der Waals surface area contributed by atoms with Gasteiger partial charge in [-0.15, -0.1) is 0 Å².